The van der Waals surface area contributed by atoms with Crippen LogP contribution in [-0.2, 0) is 9.53 Å². The van der Waals surface area contributed by atoms with Crippen molar-refractivity contribution in [2.75, 3.05) is 19.6 Å². The monoisotopic (exact) mass is 304 g/mol. The van der Waals surface area contributed by atoms with Crippen molar-refractivity contribution in [1.29, 1.82) is 0 Å². The third-order valence-electron chi connectivity index (χ3n) is 4.80. The largest absolute Gasteiger partial charge is 0.393 e. The second-order valence-electron chi connectivity index (χ2n) is 6.54. The van der Waals surface area contributed by atoms with Crippen molar-refractivity contribution in [3.63, 3.8) is 0 Å². The van der Waals surface area contributed by atoms with Gasteiger partial charge in [0, 0.05) is 25.9 Å². The number of nitrogens with zero attached hydrogens (tertiary/aromatic N) is 1. The molecule has 3 rings (SSSR count). The maximum atomic E-state index is 11.0. The van der Waals surface area contributed by atoms with Gasteiger partial charge < -0.3 is 15.6 Å². The molecule has 0 bridgehead atoms. The molecule has 2 saturated heterocycles. The van der Waals surface area contributed by atoms with Crippen LogP contribution < -0.4 is 5.73 Å². The number of ether oxygens (including phenoxy) is 1. The number of hydrogen-bond donors (Lipinski definition) is 2. The highest BCUT2D eigenvalue weighted by Crippen LogP contribution is 2.42. The van der Waals surface area contributed by atoms with Gasteiger partial charge in [0.15, 0.2) is 0 Å². The highest BCUT2D eigenvalue weighted by atomic mass is 16.5. The van der Waals surface area contributed by atoms with E-state index >= 15 is 0 Å². The normalized spacial score (nSPS) is 28.6. The zero-order valence-electron chi connectivity index (χ0n) is 12.8. The lowest BCUT2D eigenvalue weighted by Gasteiger charge is -2.48. The Morgan fingerprint density at radius 3 is 2.64 bits per heavy atom. The van der Waals surface area contributed by atoms with E-state index in [1.165, 1.54) is 0 Å². The number of amides is 1. The van der Waals surface area contributed by atoms with Crippen LogP contribution in [0.1, 0.15) is 37.4 Å². The summed E-state index contributed by atoms with van der Waals surface area (Å²) in [6.45, 7) is 1.88. The lowest BCUT2D eigenvalue weighted by Crippen LogP contribution is -2.52. The van der Waals surface area contributed by atoms with Crippen LogP contribution in [-0.4, -0.2) is 47.3 Å². The third kappa shape index (κ3) is 3.48. The topological polar surface area (TPSA) is 75.8 Å². The molecule has 2 fully saturated rings. The van der Waals surface area contributed by atoms with Crippen molar-refractivity contribution in [2.45, 2.75) is 43.5 Å². The number of aliphatic hydroxyl groups is 1. The minimum atomic E-state index is -0.332. The highest BCUT2D eigenvalue weighted by molar-refractivity contribution is 5.75. The maximum absolute atomic E-state index is 11.0. The Labute approximate surface area is 131 Å². The van der Waals surface area contributed by atoms with E-state index in [0.717, 1.165) is 31.5 Å². The number of carbonyl (C=O) groups excluding carboxylic acids is 1. The van der Waals surface area contributed by atoms with Crippen molar-refractivity contribution < 1.29 is 14.6 Å². The summed E-state index contributed by atoms with van der Waals surface area (Å²) >= 11 is 0. The average Bonchev–Trinajstić information content (AvgIpc) is 2.50. The summed E-state index contributed by atoms with van der Waals surface area (Å²) in [7, 11) is 0. The van der Waals surface area contributed by atoms with Crippen LogP contribution in [0.15, 0.2) is 30.3 Å². The number of nitrogens with two attached hydrogens (primary N) is 1. The Hall–Kier alpha value is -1.43. The molecule has 1 spiro atoms. The van der Waals surface area contributed by atoms with E-state index < -0.39 is 0 Å². The maximum Gasteiger partial charge on any atom is 0.231 e. The molecule has 2 atom stereocenters. The number of rotatable bonds is 3. The van der Waals surface area contributed by atoms with Gasteiger partial charge in [-0.1, -0.05) is 30.3 Å². The first-order chi connectivity index (χ1) is 10.6. The molecule has 5 nitrogen and oxygen atoms in total. The number of benzene rings is 1. The first kappa shape index (κ1) is 15.5. The van der Waals surface area contributed by atoms with Gasteiger partial charge in [-0.2, -0.15) is 0 Å². The Balaban J connectivity index is 1.68. The van der Waals surface area contributed by atoms with Crippen molar-refractivity contribution in [2.24, 2.45) is 5.73 Å². The molecule has 2 heterocycles. The van der Waals surface area contributed by atoms with E-state index in [-0.39, 0.29) is 23.7 Å². The first-order valence-electron chi connectivity index (χ1n) is 7.98. The first-order valence-corrected chi connectivity index (χ1v) is 7.98. The van der Waals surface area contributed by atoms with Crippen LogP contribution in [0.25, 0.3) is 0 Å². The quantitative estimate of drug-likeness (QED) is 0.880. The molecule has 1 amide bonds. The van der Waals surface area contributed by atoms with Gasteiger partial charge >= 0.3 is 0 Å². The smallest absolute Gasteiger partial charge is 0.231 e. The molecule has 2 aliphatic heterocycles. The second-order valence-corrected chi connectivity index (χ2v) is 6.54. The fourth-order valence-electron chi connectivity index (χ4n) is 3.69. The average molecular weight is 304 g/mol. The van der Waals surface area contributed by atoms with Crippen LogP contribution in [0.5, 0.6) is 0 Å². The van der Waals surface area contributed by atoms with E-state index in [4.69, 9.17) is 10.5 Å². The third-order valence-corrected chi connectivity index (χ3v) is 4.80. The van der Waals surface area contributed by atoms with Crippen molar-refractivity contribution in [3.8, 4) is 0 Å². The van der Waals surface area contributed by atoms with Crippen molar-refractivity contribution >= 4 is 5.91 Å². The Kier molecular flexibility index (Phi) is 4.47. The molecule has 5 heteroatoms. The van der Waals surface area contributed by atoms with Gasteiger partial charge in [-0.3, -0.25) is 9.69 Å². The molecule has 0 aliphatic carbocycles. The SMILES string of the molecule is NC(=O)CN1CCC2(CC1)C[C@H](O)C[C@H](c1ccccc1)O2. The molecule has 22 heavy (non-hydrogen) atoms. The number of piperidine rings is 1. The molecule has 0 unspecified atom stereocenters. The Bertz CT molecular complexity index is 512. The lowest BCUT2D eigenvalue weighted by molar-refractivity contribution is -0.184. The summed E-state index contributed by atoms with van der Waals surface area (Å²) in [6, 6.07) is 10.1. The van der Waals surface area contributed by atoms with E-state index in [2.05, 4.69) is 17.0 Å². The van der Waals surface area contributed by atoms with E-state index in [1.807, 2.05) is 18.2 Å². The number of primary amides is 1. The van der Waals surface area contributed by atoms with Gasteiger partial charge in [0.25, 0.3) is 0 Å². The number of aliphatic hydroxyl groups excluding tert-OH is 1. The molecule has 0 aromatic heterocycles. The lowest BCUT2D eigenvalue weighted by atomic mass is 9.81. The molecule has 0 saturated carbocycles. The fraction of sp³-hybridized carbons (Fsp3) is 0.588. The Morgan fingerprint density at radius 1 is 1.32 bits per heavy atom. The molecule has 1 aromatic rings. The second kappa shape index (κ2) is 6.36. The molecule has 0 radical (unpaired) electrons. The van der Waals surface area contributed by atoms with Gasteiger partial charge in [0.1, 0.15) is 0 Å². The number of hydrogen-bond acceptors (Lipinski definition) is 4. The van der Waals surface area contributed by atoms with Crippen molar-refractivity contribution in [3.05, 3.63) is 35.9 Å². The van der Waals surface area contributed by atoms with Gasteiger partial charge in [-0.05, 0) is 18.4 Å². The van der Waals surface area contributed by atoms with Crippen LogP contribution >= 0.6 is 0 Å². The summed E-state index contributed by atoms with van der Waals surface area (Å²) in [5.74, 6) is -0.289. The predicted molar refractivity (Wildman–Crippen MR) is 83.1 cm³/mol. The zero-order chi connectivity index (χ0) is 15.6. The summed E-state index contributed by atoms with van der Waals surface area (Å²) in [4.78, 5) is 13.1. The predicted octanol–water partition coefficient (Wildman–Crippen LogP) is 1.22. The van der Waals surface area contributed by atoms with Crippen LogP contribution in [0.3, 0.4) is 0 Å². The molecular weight excluding hydrogens is 280 g/mol. The minimum Gasteiger partial charge on any atom is -0.393 e. The number of carbonyl (C=O) groups is 1. The van der Waals surface area contributed by atoms with Gasteiger partial charge in [0.05, 0.1) is 24.4 Å². The van der Waals surface area contributed by atoms with Gasteiger partial charge in [0.2, 0.25) is 5.91 Å². The standard InChI is InChI=1S/C17H24N2O3/c18-16(21)12-19-8-6-17(7-9-19)11-14(20)10-15(22-17)13-4-2-1-3-5-13/h1-5,14-15,20H,6-12H2,(H2,18,21)/t14-,15-/m1/s1. The number of likely N-dealkylation sites (tertiary alicyclic amines) is 1. The van der Waals surface area contributed by atoms with Crippen LogP contribution in [0.4, 0.5) is 0 Å². The minimum absolute atomic E-state index is 0.0485. The molecular formula is C17H24N2O3. The molecule has 3 N–H and O–H groups in total. The van der Waals surface area contributed by atoms with Crippen LogP contribution in [0.2, 0.25) is 0 Å². The van der Waals surface area contributed by atoms with E-state index in [0.29, 0.717) is 19.4 Å². The summed E-state index contributed by atoms with van der Waals surface area (Å²) in [5.41, 5.74) is 6.12. The Morgan fingerprint density at radius 2 is 2.00 bits per heavy atom. The summed E-state index contributed by atoms with van der Waals surface area (Å²) < 4.78 is 6.42. The molecule has 120 valence electrons. The fourth-order valence-corrected chi connectivity index (χ4v) is 3.69. The summed E-state index contributed by atoms with van der Waals surface area (Å²) in [5, 5.41) is 10.3. The van der Waals surface area contributed by atoms with E-state index in [9.17, 15) is 9.90 Å². The molecule has 2 aliphatic rings. The van der Waals surface area contributed by atoms with Gasteiger partial charge in [-0.25, -0.2) is 0 Å². The highest BCUT2D eigenvalue weighted by Gasteiger charge is 2.43. The zero-order valence-corrected chi connectivity index (χ0v) is 12.8. The van der Waals surface area contributed by atoms with Crippen molar-refractivity contribution in [1.82, 2.24) is 4.90 Å². The van der Waals surface area contributed by atoms with E-state index in [1.54, 1.807) is 0 Å². The van der Waals surface area contributed by atoms with Crippen LogP contribution in [0, 0.1) is 0 Å². The molecule has 1 aromatic carbocycles. The van der Waals surface area contributed by atoms with Gasteiger partial charge in [-0.15, -0.1) is 0 Å². The summed E-state index contributed by atoms with van der Waals surface area (Å²) in [6.07, 6.45) is 2.62.